The lowest BCUT2D eigenvalue weighted by Crippen LogP contribution is -2.29. The van der Waals surface area contributed by atoms with E-state index in [4.69, 9.17) is 9.47 Å². The average Bonchev–Trinajstić information content (AvgIpc) is 3.39. The van der Waals surface area contributed by atoms with Gasteiger partial charge in [-0.05, 0) is 86.5 Å². The molecule has 1 amide bonds. The van der Waals surface area contributed by atoms with E-state index in [0.717, 1.165) is 11.3 Å². The molecule has 2 atom stereocenters. The maximum Gasteiger partial charge on any atom is 0.338 e. The summed E-state index contributed by atoms with van der Waals surface area (Å²) < 4.78 is 11.0. The number of nitrogens with zero attached hydrogens (tertiary/aromatic N) is 1. The molecule has 1 saturated heterocycles. The third-order valence-corrected chi connectivity index (χ3v) is 6.55. The number of Topliss-reactive ketones (excluding diaryl/α,β-unsaturated/α-hetero) is 1. The monoisotopic (exact) mass is 513 g/mol. The Labute approximate surface area is 219 Å². The summed E-state index contributed by atoms with van der Waals surface area (Å²) in [6, 6.07) is 16.5. The van der Waals surface area contributed by atoms with Crippen LogP contribution in [-0.2, 0) is 20.7 Å². The molecular weight excluding hydrogens is 486 g/mol. The lowest BCUT2D eigenvalue weighted by atomic mass is 9.94. The number of amides is 1. The number of aliphatic hydroxyl groups is 1. The predicted molar refractivity (Wildman–Crippen MR) is 140 cm³/mol. The molecule has 2 aliphatic heterocycles. The molecule has 0 saturated carbocycles. The maximum absolute atomic E-state index is 13.4. The number of hydrogen-bond acceptors (Lipinski definition) is 7. The number of aliphatic hydroxyl groups excluding tert-OH is 1. The van der Waals surface area contributed by atoms with Crippen molar-refractivity contribution in [3.63, 3.8) is 0 Å². The number of aromatic hydroxyl groups is 1. The molecule has 3 aromatic rings. The Morgan fingerprint density at radius 1 is 1.00 bits per heavy atom. The van der Waals surface area contributed by atoms with Gasteiger partial charge in [-0.1, -0.05) is 12.1 Å². The molecule has 2 unspecified atom stereocenters. The highest BCUT2D eigenvalue weighted by atomic mass is 16.5. The normalized spacial score (nSPS) is 19.9. The highest BCUT2D eigenvalue weighted by Gasteiger charge is 2.47. The van der Waals surface area contributed by atoms with Crippen molar-refractivity contribution >= 4 is 29.1 Å². The number of ketones is 1. The van der Waals surface area contributed by atoms with Crippen LogP contribution in [0.5, 0.6) is 11.5 Å². The van der Waals surface area contributed by atoms with Crippen molar-refractivity contribution in [2.75, 3.05) is 4.90 Å². The molecule has 0 radical (unpaired) electrons. The van der Waals surface area contributed by atoms with E-state index in [1.165, 1.54) is 29.2 Å². The van der Waals surface area contributed by atoms with Gasteiger partial charge >= 0.3 is 5.97 Å². The van der Waals surface area contributed by atoms with E-state index in [9.17, 15) is 24.6 Å². The zero-order valence-corrected chi connectivity index (χ0v) is 21.2. The Balaban J connectivity index is 1.60. The molecule has 2 heterocycles. The Kier molecular flexibility index (Phi) is 6.40. The van der Waals surface area contributed by atoms with E-state index >= 15 is 0 Å². The predicted octanol–water partition coefficient (Wildman–Crippen LogP) is 4.91. The van der Waals surface area contributed by atoms with E-state index in [0.29, 0.717) is 28.8 Å². The van der Waals surface area contributed by atoms with Crippen molar-refractivity contribution in [1.82, 2.24) is 0 Å². The van der Waals surface area contributed by atoms with E-state index in [1.54, 1.807) is 56.3 Å². The Bertz CT molecular complexity index is 1450. The number of esters is 1. The molecule has 0 spiro atoms. The second-order valence-electron chi connectivity index (χ2n) is 9.72. The maximum atomic E-state index is 13.4. The number of phenolic OH excluding ortho intramolecular Hbond substituents is 1. The van der Waals surface area contributed by atoms with Gasteiger partial charge in [0, 0.05) is 17.7 Å². The topological polar surface area (TPSA) is 113 Å². The van der Waals surface area contributed by atoms with E-state index in [-0.39, 0.29) is 29.3 Å². The molecule has 3 aromatic carbocycles. The molecule has 38 heavy (non-hydrogen) atoms. The number of fused-ring (bicyclic) bond motifs is 1. The summed E-state index contributed by atoms with van der Waals surface area (Å²) >= 11 is 0. The Hall–Kier alpha value is -4.59. The van der Waals surface area contributed by atoms with Crippen molar-refractivity contribution in [2.45, 2.75) is 45.4 Å². The fourth-order valence-corrected chi connectivity index (χ4v) is 4.84. The van der Waals surface area contributed by atoms with Crippen LogP contribution in [0.25, 0.3) is 5.76 Å². The van der Waals surface area contributed by atoms with Crippen LogP contribution in [0.2, 0.25) is 0 Å². The summed E-state index contributed by atoms with van der Waals surface area (Å²) in [5.41, 5.74) is 2.41. The van der Waals surface area contributed by atoms with Crippen LogP contribution in [0, 0.1) is 0 Å². The molecule has 194 valence electrons. The highest BCUT2D eigenvalue weighted by molar-refractivity contribution is 6.51. The average molecular weight is 514 g/mol. The lowest BCUT2D eigenvalue weighted by molar-refractivity contribution is -0.132. The van der Waals surface area contributed by atoms with Crippen LogP contribution in [0.15, 0.2) is 72.3 Å². The molecule has 2 N–H and O–H groups in total. The van der Waals surface area contributed by atoms with E-state index in [1.807, 2.05) is 6.92 Å². The van der Waals surface area contributed by atoms with Gasteiger partial charge < -0.3 is 19.7 Å². The number of phenols is 1. The first kappa shape index (κ1) is 25.1. The molecule has 8 heteroatoms. The van der Waals surface area contributed by atoms with Crippen LogP contribution in [-0.4, -0.2) is 40.1 Å². The lowest BCUT2D eigenvalue weighted by Gasteiger charge is -2.25. The summed E-state index contributed by atoms with van der Waals surface area (Å²) in [7, 11) is 0. The largest absolute Gasteiger partial charge is 0.508 e. The number of anilines is 1. The zero-order valence-electron chi connectivity index (χ0n) is 21.2. The van der Waals surface area contributed by atoms with Gasteiger partial charge in [-0.2, -0.15) is 0 Å². The standard InChI is InChI=1S/C30H27NO7/c1-16(2)37-30(36)19-4-9-22(10-5-19)31-26(18-6-11-23(32)12-7-18)25(28(34)29(31)35)27(33)20-8-13-24-21(15-20)14-17(3)38-24/h4-13,15-17,26,32-33H,14H2,1-3H3/b27-25-. The summed E-state index contributed by atoms with van der Waals surface area (Å²) in [5.74, 6) is -1.72. The van der Waals surface area contributed by atoms with Gasteiger partial charge in [0.2, 0.25) is 0 Å². The molecule has 2 aliphatic rings. The fraction of sp³-hybridized carbons (Fsp3) is 0.233. The Morgan fingerprint density at radius 2 is 1.66 bits per heavy atom. The summed E-state index contributed by atoms with van der Waals surface area (Å²) in [6.45, 7) is 5.44. The number of carbonyl (C=O) groups excluding carboxylic acids is 3. The van der Waals surface area contributed by atoms with Gasteiger partial charge in [0.15, 0.2) is 0 Å². The third kappa shape index (κ3) is 4.49. The molecule has 5 rings (SSSR count). The first-order valence-electron chi connectivity index (χ1n) is 12.3. The van der Waals surface area contributed by atoms with E-state index in [2.05, 4.69) is 0 Å². The minimum absolute atomic E-state index is 0.00534. The number of rotatable bonds is 5. The SMILES string of the molecule is CC(C)OC(=O)c1ccc(N2C(=O)C(=O)/C(=C(\O)c3ccc4c(c3)CC(C)O4)C2c2ccc(O)cc2)cc1. The first-order chi connectivity index (χ1) is 18.1. The minimum Gasteiger partial charge on any atom is -0.508 e. The first-order valence-corrected chi connectivity index (χ1v) is 12.3. The van der Waals surface area contributed by atoms with Crippen molar-refractivity contribution in [3.8, 4) is 11.5 Å². The van der Waals surface area contributed by atoms with Crippen LogP contribution < -0.4 is 9.64 Å². The number of benzene rings is 3. The van der Waals surface area contributed by atoms with Gasteiger partial charge in [-0.25, -0.2) is 4.79 Å². The van der Waals surface area contributed by atoms with Gasteiger partial charge in [0.1, 0.15) is 23.4 Å². The smallest absolute Gasteiger partial charge is 0.338 e. The molecule has 8 nitrogen and oxygen atoms in total. The minimum atomic E-state index is -0.965. The molecule has 0 bridgehead atoms. The molecule has 0 aromatic heterocycles. The second kappa shape index (κ2) is 9.70. The molecule has 0 aliphatic carbocycles. The summed E-state index contributed by atoms with van der Waals surface area (Å²) in [6.07, 6.45) is 0.381. The van der Waals surface area contributed by atoms with Gasteiger partial charge in [0.05, 0.1) is 23.3 Å². The fourth-order valence-electron chi connectivity index (χ4n) is 4.84. The van der Waals surface area contributed by atoms with Gasteiger partial charge in [-0.3, -0.25) is 14.5 Å². The zero-order chi connectivity index (χ0) is 27.1. The third-order valence-electron chi connectivity index (χ3n) is 6.55. The van der Waals surface area contributed by atoms with Crippen LogP contribution in [0.1, 0.15) is 53.9 Å². The van der Waals surface area contributed by atoms with Gasteiger partial charge in [0.25, 0.3) is 11.7 Å². The van der Waals surface area contributed by atoms with Crippen LogP contribution >= 0.6 is 0 Å². The quantitative estimate of drug-likeness (QED) is 0.216. The summed E-state index contributed by atoms with van der Waals surface area (Å²) in [4.78, 5) is 40.3. The van der Waals surface area contributed by atoms with Crippen molar-refractivity contribution < 1.29 is 34.1 Å². The Morgan fingerprint density at radius 3 is 2.32 bits per heavy atom. The second-order valence-corrected chi connectivity index (χ2v) is 9.72. The highest BCUT2D eigenvalue weighted by Crippen LogP contribution is 2.43. The molecule has 1 fully saturated rings. The van der Waals surface area contributed by atoms with Crippen molar-refractivity contribution in [3.05, 3.63) is 94.6 Å². The number of carbonyl (C=O) groups is 3. The summed E-state index contributed by atoms with van der Waals surface area (Å²) in [5, 5.41) is 21.2. The van der Waals surface area contributed by atoms with Crippen molar-refractivity contribution in [2.24, 2.45) is 0 Å². The van der Waals surface area contributed by atoms with Gasteiger partial charge in [-0.15, -0.1) is 0 Å². The van der Waals surface area contributed by atoms with Crippen LogP contribution in [0.4, 0.5) is 5.69 Å². The number of hydrogen-bond donors (Lipinski definition) is 2. The molecular formula is C30H27NO7. The van der Waals surface area contributed by atoms with E-state index < -0.39 is 23.7 Å². The van der Waals surface area contributed by atoms with Crippen LogP contribution in [0.3, 0.4) is 0 Å². The number of ether oxygens (including phenoxy) is 2. The van der Waals surface area contributed by atoms with Crippen molar-refractivity contribution in [1.29, 1.82) is 0 Å².